The number of fused-ring (bicyclic) bond motifs is 1. The van der Waals surface area contributed by atoms with Gasteiger partial charge in [-0.1, -0.05) is 30.0 Å². The summed E-state index contributed by atoms with van der Waals surface area (Å²) in [6.07, 6.45) is 3.52. The van der Waals surface area contributed by atoms with Crippen LogP contribution in [-0.2, 0) is 22.6 Å². The van der Waals surface area contributed by atoms with Gasteiger partial charge in [0.2, 0.25) is 5.91 Å². The molecule has 0 radical (unpaired) electrons. The fourth-order valence-corrected chi connectivity index (χ4v) is 4.17. The lowest BCUT2D eigenvalue weighted by Crippen LogP contribution is -2.43. The number of amides is 1. The number of aromatic nitrogens is 4. The lowest BCUT2D eigenvalue weighted by Gasteiger charge is -2.14. The molecule has 0 bridgehead atoms. The fraction of sp³-hybridized carbons (Fsp3) is 0.238. The number of nitrogens with zero attached hydrogens (tertiary/aromatic N) is 3. The van der Waals surface area contributed by atoms with Gasteiger partial charge in [-0.15, -0.1) is 10.2 Å². The molecule has 0 saturated heterocycles. The molecule has 3 heterocycles. The summed E-state index contributed by atoms with van der Waals surface area (Å²) in [5, 5.41) is 22.0. The lowest BCUT2D eigenvalue weighted by atomic mass is 10.1. The highest BCUT2D eigenvalue weighted by molar-refractivity contribution is 7.99. The summed E-state index contributed by atoms with van der Waals surface area (Å²) in [6, 6.07) is 10.2. The molecule has 4 rings (SSSR count). The number of benzene rings is 1. The van der Waals surface area contributed by atoms with E-state index in [9.17, 15) is 14.7 Å². The molecule has 3 aromatic heterocycles. The number of furan rings is 1. The monoisotopic (exact) mass is 439 g/mol. The van der Waals surface area contributed by atoms with Crippen LogP contribution in [0, 0.1) is 0 Å². The van der Waals surface area contributed by atoms with Gasteiger partial charge in [0.05, 0.1) is 12.0 Å². The molecule has 0 fully saturated rings. The maximum atomic E-state index is 12.5. The number of carbonyl (C=O) groups excluding carboxylic acids is 1. The Labute approximate surface area is 181 Å². The maximum Gasteiger partial charge on any atom is 0.326 e. The van der Waals surface area contributed by atoms with Crippen LogP contribution in [0.3, 0.4) is 0 Å². The van der Waals surface area contributed by atoms with E-state index in [0.717, 1.165) is 16.5 Å². The molecule has 0 aliphatic rings. The number of hydrogen-bond acceptors (Lipinski definition) is 6. The van der Waals surface area contributed by atoms with Gasteiger partial charge in [0.25, 0.3) is 0 Å². The van der Waals surface area contributed by atoms with Crippen molar-refractivity contribution in [2.75, 3.05) is 5.75 Å². The Morgan fingerprint density at radius 3 is 2.84 bits per heavy atom. The molecule has 10 heteroatoms. The Kier molecular flexibility index (Phi) is 6.08. The number of rotatable bonds is 9. The number of carboxylic acids is 1. The van der Waals surface area contributed by atoms with Crippen LogP contribution < -0.4 is 5.32 Å². The lowest BCUT2D eigenvalue weighted by molar-refractivity contribution is -0.141. The zero-order valence-electron chi connectivity index (χ0n) is 16.7. The molecular formula is C21H21N5O4S. The Balaban J connectivity index is 1.41. The van der Waals surface area contributed by atoms with E-state index in [0.29, 0.717) is 23.3 Å². The third kappa shape index (κ3) is 4.48. The molecule has 0 unspecified atom stereocenters. The third-order valence-electron chi connectivity index (χ3n) is 4.84. The summed E-state index contributed by atoms with van der Waals surface area (Å²) < 4.78 is 7.23. The zero-order valence-corrected chi connectivity index (χ0v) is 17.6. The van der Waals surface area contributed by atoms with Crippen molar-refractivity contribution < 1.29 is 19.1 Å². The van der Waals surface area contributed by atoms with Gasteiger partial charge >= 0.3 is 5.97 Å². The van der Waals surface area contributed by atoms with Crippen LogP contribution >= 0.6 is 11.8 Å². The molecule has 31 heavy (non-hydrogen) atoms. The van der Waals surface area contributed by atoms with Crippen molar-refractivity contribution in [3.63, 3.8) is 0 Å². The van der Waals surface area contributed by atoms with E-state index in [1.165, 1.54) is 11.8 Å². The Bertz CT molecular complexity index is 1200. The van der Waals surface area contributed by atoms with Gasteiger partial charge in [-0.05, 0) is 30.7 Å². The first-order valence-electron chi connectivity index (χ1n) is 9.73. The summed E-state index contributed by atoms with van der Waals surface area (Å²) >= 11 is 1.20. The highest BCUT2D eigenvalue weighted by Gasteiger charge is 2.23. The number of aromatic amines is 1. The summed E-state index contributed by atoms with van der Waals surface area (Å²) in [5.41, 5.74) is 1.76. The molecule has 1 atom stereocenters. The van der Waals surface area contributed by atoms with Crippen LogP contribution in [0.4, 0.5) is 0 Å². The molecular weight excluding hydrogens is 418 g/mol. The number of aliphatic carboxylic acids is 1. The van der Waals surface area contributed by atoms with Crippen molar-refractivity contribution in [1.29, 1.82) is 0 Å². The molecule has 1 amide bonds. The number of para-hydroxylation sites is 1. The Morgan fingerprint density at radius 1 is 1.26 bits per heavy atom. The topological polar surface area (TPSA) is 126 Å². The summed E-state index contributed by atoms with van der Waals surface area (Å²) in [7, 11) is 0. The molecule has 4 aromatic rings. The average molecular weight is 439 g/mol. The van der Waals surface area contributed by atoms with Crippen LogP contribution in [0.15, 0.2) is 58.4 Å². The average Bonchev–Trinajstić information content (AvgIpc) is 3.51. The summed E-state index contributed by atoms with van der Waals surface area (Å²) in [4.78, 5) is 27.3. The Morgan fingerprint density at radius 2 is 2.10 bits per heavy atom. The van der Waals surface area contributed by atoms with Crippen molar-refractivity contribution in [2.45, 2.75) is 31.1 Å². The number of thioether (sulfide) groups is 1. The van der Waals surface area contributed by atoms with Gasteiger partial charge in [-0.2, -0.15) is 0 Å². The second-order valence-corrected chi connectivity index (χ2v) is 7.78. The SMILES string of the molecule is CCn1c(SCC(=O)N[C@H](Cc2c[nH]c3ccccc23)C(=O)O)nnc1-c1ccco1. The van der Waals surface area contributed by atoms with Crippen molar-refractivity contribution >= 4 is 34.5 Å². The smallest absolute Gasteiger partial charge is 0.326 e. The van der Waals surface area contributed by atoms with Gasteiger partial charge in [-0.3, -0.25) is 9.36 Å². The van der Waals surface area contributed by atoms with Crippen molar-refractivity contribution in [3.05, 3.63) is 54.4 Å². The second-order valence-electron chi connectivity index (χ2n) is 6.84. The van der Waals surface area contributed by atoms with E-state index >= 15 is 0 Å². The van der Waals surface area contributed by atoms with E-state index in [1.807, 2.05) is 35.8 Å². The standard InChI is InChI=1S/C21H21N5O4S/c1-2-26-19(17-8-5-9-30-17)24-25-21(26)31-12-18(27)23-16(20(28)29)10-13-11-22-15-7-4-3-6-14(13)15/h3-9,11,16,22H,2,10,12H2,1H3,(H,23,27)(H,28,29)/t16-/m1/s1. The fourth-order valence-electron chi connectivity index (χ4n) is 3.36. The van der Waals surface area contributed by atoms with Crippen LogP contribution in [-0.4, -0.2) is 48.5 Å². The minimum absolute atomic E-state index is 0.0218. The molecule has 1 aromatic carbocycles. The molecule has 3 N–H and O–H groups in total. The first-order valence-corrected chi connectivity index (χ1v) is 10.7. The summed E-state index contributed by atoms with van der Waals surface area (Å²) in [5.74, 6) is -0.273. The number of hydrogen-bond donors (Lipinski definition) is 3. The molecule has 0 spiro atoms. The summed E-state index contributed by atoms with van der Waals surface area (Å²) in [6.45, 7) is 2.55. The molecule has 0 aliphatic carbocycles. The van der Waals surface area contributed by atoms with Crippen LogP contribution in [0.1, 0.15) is 12.5 Å². The highest BCUT2D eigenvalue weighted by atomic mass is 32.2. The van der Waals surface area contributed by atoms with E-state index < -0.39 is 12.0 Å². The quantitative estimate of drug-likeness (QED) is 0.342. The molecule has 0 aliphatic heterocycles. The van der Waals surface area contributed by atoms with Crippen LogP contribution in [0.5, 0.6) is 0 Å². The van der Waals surface area contributed by atoms with E-state index in [-0.39, 0.29) is 18.1 Å². The zero-order chi connectivity index (χ0) is 21.8. The van der Waals surface area contributed by atoms with E-state index in [2.05, 4.69) is 20.5 Å². The van der Waals surface area contributed by atoms with Gasteiger partial charge in [-0.25, -0.2) is 4.79 Å². The molecule has 9 nitrogen and oxygen atoms in total. The Hall–Kier alpha value is -3.53. The largest absolute Gasteiger partial charge is 0.480 e. The normalized spacial score (nSPS) is 12.2. The number of carbonyl (C=O) groups is 2. The molecule has 160 valence electrons. The maximum absolute atomic E-state index is 12.5. The highest BCUT2D eigenvalue weighted by Crippen LogP contribution is 2.24. The number of carboxylic acid groups (broad SMARTS) is 1. The second kappa shape index (κ2) is 9.09. The minimum Gasteiger partial charge on any atom is -0.480 e. The van der Waals surface area contributed by atoms with Gasteiger partial charge < -0.3 is 19.8 Å². The first-order chi connectivity index (χ1) is 15.1. The first kappa shape index (κ1) is 20.7. The number of nitrogens with one attached hydrogen (secondary N) is 2. The van der Waals surface area contributed by atoms with Gasteiger partial charge in [0.15, 0.2) is 16.7 Å². The van der Waals surface area contributed by atoms with Crippen molar-refractivity contribution in [2.24, 2.45) is 0 Å². The van der Waals surface area contributed by atoms with Gasteiger partial charge in [0, 0.05) is 30.1 Å². The predicted molar refractivity (Wildman–Crippen MR) is 116 cm³/mol. The minimum atomic E-state index is -1.08. The number of H-pyrrole nitrogens is 1. The van der Waals surface area contributed by atoms with Crippen LogP contribution in [0.2, 0.25) is 0 Å². The van der Waals surface area contributed by atoms with Crippen molar-refractivity contribution in [3.8, 4) is 11.6 Å². The van der Waals surface area contributed by atoms with Crippen molar-refractivity contribution in [1.82, 2.24) is 25.1 Å². The van der Waals surface area contributed by atoms with E-state index in [4.69, 9.17) is 4.42 Å². The van der Waals surface area contributed by atoms with Gasteiger partial charge in [0.1, 0.15) is 6.04 Å². The molecule has 0 saturated carbocycles. The third-order valence-corrected chi connectivity index (χ3v) is 5.81. The van der Waals surface area contributed by atoms with Crippen LogP contribution in [0.25, 0.3) is 22.5 Å². The predicted octanol–water partition coefficient (Wildman–Crippen LogP) is 2.94. The van der Waals surface area contributed by atoms with E-state index in [1.54, 1.807) is 24.6 Å².